The molecular weight excluding hydrogens is 338 g/mol. The summed E-state index contributed by atoms with van der Waals surface area (Å²) in [6.07, 6.45) is 4.45. The number of nitro groups is 1. The lowest BCUT2D eigenvalue weighted by atomic mass is 10.2. The summed E-state index contributed by atoms with van der Waals surface area (Å²) in [5, 5.41) is 15.9. The number of nitrogens with zero attached hydrogens (tertiary/aromatic N) is 3. The number of nitro benzene ring substituents is 1. The number of benzene rings is 1. The third-order valence-corrected chi connectivity index (χ3v) is 3.95. The van der Waals surface area contributed by atoms with Crippen LogP contribution in [0.25, 0.3) is 10.9 Å². The zero-order chi connectivity index (χ0) is 15.4. The molecule has 1 fully saturated rings. The number of hydrogen-bond donors (Lipinski definition) is 0. The van der Waals surface area contributed by atoms with Gasteiger partial charge in [0.2, 0.25) is 0 Å². The Morgan fingerprint density at radius 2 is 2.19 bits per heavy atom. The van der Waals surface area contributed by atoms with Gasteiger partial charge in [0, 0.05) is 6.61 Å². The molecule has 1 atom stereocenters. The van der Waals surface area contributed by atoms with E-state index in [-0.39, 0.29) is 16.8 Å². The minimum atomic E-state index is -0.389. The lowest BCUT2D eigenvalue weighted by Gasteiger charge is -2.23. The zero-order valence-electron chi connectivity index (χ0n) is 12.1. The molecule has 1 aliphatic heterocycles. The van der Waals surface area contributed by atoms with Crippen LogP contribution < -0.4 is 0 Å². The zero-order valence-corrected chi connectivity index (χ0v) is 13.7. The maximum Gasteiger partial charge on any atom is 0.294 e. The molecule has 0 aliphatic carbocycles. The molecule has 21 heavy (non-hydrogen) atoms. The normalized spacial score (nSPS) is 18.1. The van der Waals surface area contributed by atoms with Gasteiger partial charge in [0.1, 0.15) is 0 Å². The standard InChI is InChI=1S/C12H12BrN3O3.C2H6/c13-9-4-5-10-8(12(9)16(17)18)7-14-15(10)11-3-1-2-6-19-11;1-2/h4-5,7,11H,1-3,6H2;1-2H3. The fourth-order valence-electron chi connectivity index (χ4n) is 2.41. The second kappa shape index (κ2) is 7.00. The number of aromatic nitrogens is 2. The molecule has 114 valence electrons. The molecule has 2 aromatic rings. The van der Waals surface area contributed by atoms with E-state index in [1.165, 1.54) is 6.20 Å². The monoisotopic (exact) mass is 355 g/mol. The van der Waals surface area contributed by atoms with Crippen molar-refractivity contribution in [2.45, 2.75) is 39.3 Å². The van der Waals surface area contributed by atoms with Crippen molar-refractivity contribution in [3.05, 3.63) is 32.9 Å². The maximum atomic E-state index is 11.1. The Hall–Kier alpha value is -1.47. The predicted molar refractivity (Wildman–Crippen MR) is 84.3 cm³/mol. The van der Waals surface area contributed by atoms with Gasteiger partial charge in [-0.2, -0.15) is 5.10 Å². The van der Waals surface area contributed by atoms with Crippen LogP contribution in [0, 0.1) is 10.1 Å². The summed E-state index contributed by atoms with van der Waals surface area (Å²) in [6, 6.07) is 3.51. The van der Waals surface area contributed by atoms with Gasteiger partial charge in [0.25, 0.3) is 5.69 Å². The van der Waals surface area contributed by atoms with Gasteiger partial charge in [-0.15, -0.1) is 0 Å². The van der Waals surface area contributed by atoms with Crippen molar-refractivity contribution in [1.29, 1.82) is 0 Å². The fourth-order valence-corrected chi connectivity index (χ4v) is 2.90. The van der Waals surface area contributed by atoms with Crippen molar-refractivity contribution >= 4 is 32.5 Å². The Kier molecular flexibility index (Phi) is 5.30. The second-order valence-corrected chi connectivity index (χ2v) is 5.35. The van der Waals surface area contributed by atoms with Crippen LogP contribution in [0.15, 0.2) is 22.8 Å². The Balaban J connectivity index is 0.000000774. The van der Waals surface area contributed by atoms with E-state index in [0.29, 0.717) is 16.5 Å². The average molecular weight is 356 g/mol. The molecule has 2 heterocycles. The molecular formula is C14H18BrN3O3. The van der Waals surface area contributed by atoms with E-state index in [4.69, 9.17) is 4.74 Å². The van der Waals surface area contributed by atoms with Gasteiger partial charge >= 0.3 is 0 Å². The molecule has 1 saturated heterocycles. The van der Waals surface area contributed by atoms with Crippen LogP contribution in [0.3, 0.4) is 0 Å². The number of fused-ring (bicyclic) bond motifs is 1. The highest BCUT2D eigenvalue weighted by Gasteiger charge is 2.23. The van der Waals surface area contributed by atoms with Crippen LogP contribution in [0.1, 0.15) is 39.3 Å². The Morgan fingerprint density at radius 3 is 2.81 bits per heavy atom. The van der Waals surface area contributed by atoms with Crippen molar-refractivity contribution in [3.63, 3.8) is 0 Å². The van der Waals surface area contributed by atoms with Gasteiger partial charge < -0.3 is 4.74 Å². The molecule has 6 nitrogen and oxygen atoms in total. The molecule has 1 aliphatic rings. The topological polar surface area (TPSA) is 70.2 Å². The van der Waals surface area contributed by atoms with E-state index in [9.17, 15) is 10.1 Å². The van der Waals surface area contributed by atoms with Crippen molar-refractivity contribution in [2.24, 2.45) is 0 Å². The van der Waals surface area contributed by atoms with Crippen LogP contribution in [-0.2, 0) is 4.74 Å². The molecule has 7 heteroatoms. The minimum Gasteiger partial charge on any atom is -0.356 e. The van der Waals surface area contributed by atoms with Gasteiger partial charge in [-0.05, 0) is 47.3 Å². The van der Waals surface area contributed by atoms with Gasteiger partial charge in [-0.3, -0.25) is 10.1 Å². The number of rotatable bonds is 2. The first-order valence-corrected chi connectivity index (χ1v) is 7.89. The fraction of sp³-hybridized carbons (Fsp3) is 0.500. The van der Waals surface area contributed by atoms with Crippen LogP contribution in [0.2, 0.25) is 0 Å². The van der Waals surface area contributed by atoms with E-state index in [1.54, 1.807) is 10.7 Å². The molecule has 1 aromatic carbocycles. The Bertz CT molecular complexity index is 636. The van der Waals surface area contributed by atoms with Crippen LogP contribution in [-0.4, -0.2) is 21.3 Å². The number of halogens is 1. The van der Waals surface area contributed by atoms with Crippen molar-refractivity contribution in [1.82, 2.24) is 9.78 Å². The summed E-state index contributed by atoms with van der Waals surface area (Å²) in [5.41, 5.74) is 0.793. The molecule has 1 aromatic heterocycles. The smallest absolute Gasteiger partial charge is 0.294 e. The van der Waals surface area contributed by atoms with Crippen molar-refractivity contribution in [2.75, 3.05) is 6.61 Å². The summed E-state index contributed by atoms with van der Waals surface area (Å²) < 4.78 is 7.89. The summed E-state index contributed by atoms with van der Waals surface area (Å²) in [4.78, 5) is 10.7. The Morgan fingerprint density at radius 1 is 1.43 bits per heavy atom. The highest BCUT2D eigenvalue weighted by Crippen LogP contribution is 2.35. The molecule has 0 N–H and O–H groups in total. The summed E-state index contributed by atoms with van der Waals surface area (Å²) in [5.74, 6) is 0. The average Bonchev–Trinajstić information content (AvgIpc) is 2.93. The van der Waals surface area contributed by atoms with Crippen LogP contribution in [0.5, 0.6) is 0 Å². The molecule has 0 bridgehead atoms. The molecule has 0 saturated carbocycles. The first-order chi connectivity index (χ1) is 10.2. The predicted octanol–water partition coefficient (Wildman–Crippen LogP) is 4.43. The first kappa shape index (κ1) is 15.9. The van der Waals surface area contributed by atoms with Crippen molar-refractivity contribution < 1.29 is 9.66 Å². The number of ether oxygens (including phenoxy) is 1. The quantitative estimate of drug-likeness (QED) is 0.589. The second-order valence-electron chi connectivity index (χ2n) is 4.50. The minimum absolute atomic E-state index is 0.0551. The third-order valence-electron chi connectivity index (χ3n) is 3.31. The molecule has 0 spiro atoms. The van der Waals surface area contributed by atoms with Gasteiger partial charge in [0.05, 0.1) is 26.5 Å². The summed E-state index contributed by atoms with van der Waals surface area (Å²) >= 11 is 3.21. The van der Waals surface area contributed by atoms with Gasteiger partial charge in [0.15, 0.2) is 6.23 Å². The lowest BCUT2D eigenvalue weighted by molar-refractivity contribution is -0.383. The van der Waals surface area contributed by atoms with Gasteiger partial charge in [-0.1, -0.05) is 13.8 Å². The molecule has 0 amide bonds. The first-order valence-electron chi connectivity index (χ1n) is 7.10. The third kappa shape index (κ3) is 3.08. The van der Waals surface area contributed by atoms with Crippen LogP contribution in [0.4, 0.5) is 5.69 Å². The summed E-state index contributed by atoms with van der Waals surface area (Å²) in [7, 11) is 0. The highest BCUT2D eigenvalue weighted by molar-refractivity contribution is 9.10. The van der Waals surface area contributed by atoms with E-state index in [1.807, 2.05) is 19.9 Å². The maximum absolute atomic E-state index is 11.1. The summed E-state index contributed by atoms with van der Waals surface area (Å²) in [6.45, 7) is 4.71. The van der Waals surface area contributed by atoms with E-state index in [0.717, 1.165) is 24.8 Å². The molecule has 1 unspecified atom stereocenters. The van der Waals surface area contributed by atoms with E-state index in [2.05, 4.69) is 21.0 Å². The van der Waals surface area contributed by atoms with E-state index < -0.39 is 0 Å². The SMILES string of the molecule is CC.O=[N+]([O-])c1c(Br)ccc2c1cnn2C1CCCCO1. The van der Waals surface area contributed by atoms with Crippen LogP contribution >= 0.6 is 15.9 Å². The lowest BCUT2D eigenvalue weighted by Crippen LogP contribution is -2.18. The van der Waals surface area contributed by atoms with Crippen molar-refractivity contribution in [3.8, 4) is 0 Å². The largest absolute Gasteiger partial charge is 0.356 e. The number of hydrogen-bond acceptors (Lipinski definition) is 4. The molecule has 0 radical (unpaired) electrons. The van der Waals surface area contributed by atoms with E-state index >= 15 is 0 Å². The van der Waals surface area contributed by atoms with Gasteiger partial charge in [-0.25, -0.2) is 4.68 Å². The highest BCUT2D eigenvalue weighted by atomic mass is 79.9. The Labute approximate surface area is 131 Å². The molecule has 3 rings (SSSR count).